The number of unbranched alkanes of at least 4 members (excludes halogenated alkanes) is 4. The second kappa shape index (κ2) is 23.3. The topological polar surface area (TPSA) is 194 Å². The number of aliphatic hydroxyl groups is 3. The Morgan fingerprint density at radius 2 is 1.73 bits per heavy atom. The fourth-order valence-electron chi connectivity index (χ4n) is 6.96. The zero-order valence-corrected chi connectivity index (χ0v) is 33.1. The molecule has 0 aromatic carbocycles. The van der Waals surface area contributed by atoms with Gasteiger partial charge in [-0.3, -0.25) is 14.4 Å². The van der Waals surface area contributed by atoms with E-state index >= 15 is 0 Å². The smallest absolute Gasteiger partial charge is 0.330 e. The summed E-state index contributed by atoms with van der Waals surface area (Å²) >= 11 is 0. The Labute approximate surface area is 325 Å². The van der Waals surface area contributed by atoms with Crippen LogP contribution in [0.4, 0.5) is 0 Å². The number of fused-ring (bicyclic) bond motifs is 4. The number of cyclic esters (lactones) is 1. The first-order valence-corrected chi connectivity index (χ1v) is 19.8. The van der Waals surface area contributed by atoms with Crippen LogP contribution in [0.3, 0.4) is 0 Å². The van der Waals surface area contributed by atoms with E-state index in [2.05, 4.69) is 13.5 Å². The minimum atomic E-state index is -2.33. The lowest BCUT2D eigenvalue weighted by Gasteiger charge is -2.51. The summed E-state index contributed by atoms with van der Waals surface area (Å²) in [6.45, 7) is 8.98. The molecule has 4 bridgehead atoms. The number of Topliss-reactive ketones (excluding diaryl/α,β-unsaturated/α-hetero) is 1. The van der Waals surface area contributed by atoms with E-state index in [1.807, 2.05) is 0 Å². The maximum absolute atomic E-state index is 13.4. The summed E-state index contributed by atoms with van der Waals surface area (Å²) in [7, 11) is 1.20. The Balaban J connectivity index is 2.04. The van der Waals surface area contributed by atoms with Crippen molar-refractivity contribution in [2.24, 2.45) is 5.41 Å². The molecule has 2 fully saturated rings. The Morgan fingerprint density at radius 1 is 1.00 bits per heavy atom. The first-order valence-electron chi connectivity index (χ1n) is 19.8. The predicted octanol–water partition coefficient (Wildman–Crippen LogP) is 4.70. The Morgan fingerprint density at radius 3 is 2.44 bits per heavy atom. The molecule has 0 aromatic rings. The van der Waals surface area contributed by atoms with E-state index in [1.54, 1.807) is 32.1 Å². The van der Waals surface area contributed by atoms with Gasteiger partial charge in [0.1, 0.15) is 11.9 Å². The second-order valence-corrected chi connectivity index (χ2v) is 15.3. The van der Waals surface area contributed by atoms with Crippen LogP contribution in [0, 0.1) is 5.41 Å². The van der Waals surface area contributed by atoms with Crippen molar-refractivity contribution in [2.45, 2.75) is 166 Å². The maximum atomic E-state index is 13.4. The molecule has 3 aliphatic heterocycles. The van der Waals surface area contributed by atoms with Gasteiger partial charge in [0, 0.05) is 56.8 Å². The molecule has 3 rings (SSSR count). The molecular formula is C41H64O14. The Kier molecular flexibility index (Phi) is 19.7. The first-order chi connectivity index (χ1) is 26.2. The van der Waals surface area contributed by atoms with Crippen LogP contribution < -0.4 is 0 Å². The van der Waals surface area contributed by atoms with Crippen molar-refractivity contribution < 1.29 is 67.7 Å². The number of ketones is 1. The number of allylic oxidation sites excluding steroid dienone is 1. The fraction of sp³-hybridized carbons (Fsp3) is 0.756. The number of aliphatic hydroxyl groups excluding tert-OH is 2. The van der Waals surface area contributed by atoms with Crippen LogP contribution in [0.25, 0.3) is 0 Å². The summed E-state index contributed by atoms with van der Waals surface area (Å²) in [4.78, 5) is 51.6. The SMILES string of the molecule is C=CCCC(=O)CC1C[C@H]2CCOCC[C@@H](O)CC(=O)O[C@@H](CO)C[C@@H]3CC(=CC(=O)OC)[C@H](OC(=O)CCCCCCC)[C@@](O)(O3)C(C)(C)C=C[C@@H](O1)O2. The molecule has 3 heterocycles. The highest BCUT2D eigenvalue weighted by atomic mass is 16.7. The molecule has 0 amide bonds. The van der Waals surface area contributed by atoms with Gasteiger partial charge in [0.25, 0.3) is 0 Å². The van der Waals surface area contributed by atoms with Gasteiger partial charge in [-0.2, -0.15) is 0 Å². The van der Waals surface area contributed by atoms with Gasteiger partial charge < -0.3 is 48.5 Å². The lowest BCUT2D eigenvalue weighted by Crippen LogP contribution is -2.62. The molecule has 14 nitrogen and oxygen atoms in total. The first kappa shape index (κ1) is 46.4. The van der Waals surface area contributed by atoms with Gasteiger partial charge >= 0.3 is 17.9 Å². The average molecular weight is 781 g/mol. The summed E-state index contributed by atoms with van der Waals surface area (Å²) in [5, 5.41) is 33.4. The summed E-state index contributed by atoms with van der Waals surface area (Å²) in [5.41, 5.74) is -1.18. The summed E-state index contributed by atoms with van der Waals surface area (Å²) in [5.74, 6) is -4.39. The number of ether oxygens (including phenoxy) is 7. The zero-order chi connectivity index (χ0) is 40.4. The van der Waals surface area contributed by atoms with Crippen LogP contribution in [0.1, 0.15) is 117 Å². The second-order valence-electron chi connectivity index (χ2n) is 15.3. The van der Waals surface area contributed by atoms with Gasteiger partial charge in [0.2, 0.25) is 5.79 Å². The van der Waals surface area contributed by atoms with Crippen molar-refractivity contribution in [3.05, 3.63) is 36.5 Å². The maximum Gasteiger partial charge on any atom is 0.330 e. The molecular weight excluding hydrogens is 716 g/mol. The van der Waals surface area contributed by atoms with Crippen LogP contribution in [-0.4, -0.2) is 115 Å². The highest BCUT2D eigenvalue weighted by molar-refractivity contribution is 5.83. The molecule has 14 heteroatoms. The van der Waals surface area contributed by atoms with Crippen molar-refractivity contribution >= 4 is 23.7 Å². The van der Waals surface area contributed by atoms with E-state index in [4.69, 9.17) is 33.2 Å². The van der Waals surface area contributed by atoms with Crippen molar-refractivity contribution in [3.63, 3.8) is 0 Å². The molecule has 3 N–H and O–H groups in total. The summed E-state index contributed by atoms with van der Waals surface area (Å²) in [6.07, 6.45) is 5.88. The van der Waals surface area contributed by atoms with Gasteiger partial charge in [0.15, 0.2) is 12.4 Å². The monoisotopic (exact) mass is 780 g/mol. The van der Waals surface area contributed by atoms with E-state index < -0.39 is 72.5 Å². The number of rotatable bonds is 14. The minimum absolute atomic E-state index is 0.0240. The van der Waals surface area contributed by atoms with Crippen LogP contribution >= 0.6 is 0 Å². The van der Waals surface area contributed by atoms with Gasteiger partial charge in [0.05, 0.1) is 44.6 Å². The quantitative estimate of drug-likeness (QED) is 0.0722. The van der Waals surface area contributed by atoms with Crippen molar-refractivity contribution in [1.29, 1.82) is 0 Å². The van der Waals surface area contributed by atoms with Crippen LogP contribution in [0.15, 0.2) is 36.5 Å². The lowest BCUT2D eigenvalue weighted by molar-refractivity contribution is -0.327. The van der Waals surface area contributed by atoms with Crippen LogP contribution in [-0.2, 0) is 52.3 Å². The normalized spacial score (nSPS) is 31.5. The van der Waals surface area contributed by atoms with Crippen LogP contribution in [0.5, 0.6) is 0 Å². The van der Waals surface area contributed by atoms with Crippen molar-refractivity contribution in [3.8, 4) is 0 Å². The van der Waals surface area contributed by atoms with E-state index in [0.717, 1.165) is 31.8 Å². The predicted molar refractivity (Wildman–Crippen MR) is 200 cm³/mol. The van der Waals surface area contributed by atoms with Gasteiger partial charge in [-0.15, -0.1) is 6.58 Å². The third kappa shape index (κ3) is 15.1. The molecule has 1 unspecified atom stereocenters. The molecule has 3 aliphatic rings. The van der Waals surface area contributed by atoms with Gasteiger partial charge in [-0.05, 0) is 43.8 Å². The van der Waals surface area contributed by atoms with E-state index in [0.29, 0.717) is 32.1 Å². The number of hydrogen-bond donors (Lipinski definition) is 3. The largest absolute Gasteiger partial charge is 0.466 e. The number of carbonyl (C=O) groups excluding carboxylic acids is 4. The molecule has 312 valence electrons. The molecule has 2 saturated heterocycles. The number of carbonyl (C=O) groups is 4. The zero-order valence-electron chi connectivity index (χ0n) is 33.1. The molecule has 0 saturated carbocycles. The van der Waals surface area contributed by atoms with E-state index in [-0.39, 0.29) is 69.2 Å². The van der Waals surface area contributed by atoms with Crippen LogP contribution in [0.2, 0.25) is 0 Å². The summed E-state index contributed by atoms with van der Waals surface area (Å²) in [6, 6.07) is 0. The third-order valence-electron chi connectivity index (χ3n) is 10.2. The number of hydrogen-bond acceptors (Lipinski definition) is 14. The van der Waals surface area contributed by atoms with Crippen molar-refractivity contribution in [1.82, 2.24) is 0 Å². The highest BCUT2D eigenvalue weighted by Crippen LogP contribution is 2.47. The van der Waals surface area contributed by atoms with E-state index in [1.165, 1.54) is 7.11 Å². The average Bonchev–Trinajstić information content (AvgIpc) is 3.13. The number of esters is 3. The molecule has 0 aromatic heterocycles. The minimum Gasteiger partial charge on any atom is -0.466 e. The molecule has 55 heavy (non-hydrogen) atoms. The molecule has 0 spiro atoms. The Bertz CT molecular complexity index is 1310. The Hall–Kier alpha value is -2.98. The van der Waals surface area contributed by atoms with Gasteiger partial charge in [-0.25, -0.2) is 4.79 Å². The number of methoxy groups -OCH3 is 1. The standard InChI is InChI=1S/C41H64O14/c1-6-8-10-11-12-14-35(45)54-39-28(22-36(46)49-5)21-33-26-34(27-42)51-37(47)24-30(44)16-19-50-20-17-31-25-32(23-29(43)13-9-7-2)53-38(52-31)15-18-40(3,4)41(39,48)55-33/h7,15,18,22,30-34,38-39,42,44,48H,2,6,8-14,16-17,19-21,23-27H2,1,3-5H3/t30-,31-,32?,33+,34-,38-,39+,41-/m1/s1. The fourth-order valence-corrected chi connectivity index (χ4v) is 6.96. The highest BCUT2D eigenvalue weighted by Gasteiger charge is 2.57. The molecule has 8 atom stereocenters. The summed E-state index contributed by atoms with van der Waals surface area (Å²) < 4.78 is 41.1. The van der Waals surface area contributed by atoms with Gasteiger partial charge in [-0.1, -0.05) is 58.6 Å². The van der Waals surface area contributed by atoms with E-state index in [9.17, 15) is 34.5 Å². The molecule has 0 radical (unpaired) electrons. The molecule has 0 aliphatic carbocycles. The lowest BCUT2D eigenvalue weighted by atomic mass is 9.74. The third-order valence-corrected chi connectivity index (χ3v) is 10.2. The van der Waals surface area contributed by atoms with Crippen molar-refractivity contribution in [2.75, 3.05) is 26.9 Å².